The maximum Gasteiger partial charge on any atom is 0.332 e. The van der Waals surface area contributed by atoms with Crippen molar-refractivity contribution in [1.82, 2.24) is 5.32 Å². The van der Waals surface area contributed by atoms with E-state index in [1.54, 1.807) is 0 Å². The second-order valence-electron chi connectivity index (χ2n) is 4.62. The van der Waals surface area contributed by atoms with Crippen LogP contribution >= 0.6 is 11.6 Å². The number of hydrogen-bond donors (Lipinski definition) is 3. The van der Waals surface area contributed by atoms with Crippen molar-refractivity contribution in [3.63, 3.8) is 0 Å². The number of carbonyl (C=O) groups is 2. The first-order valence-electron chi connectivity index (χ1n) is 6.34. The van der Waals surface area contributed by atoms with E-state index in [1.807, 2.05) is 0 Å². The summed E-state index contributed by atoms with van der Waals surface area (Å²) in [6.07, 6.45) is -0.159. The zero-order valence-electron chi connectivity index (χ0n) is 10.9. The second kappa shape index (κ2) is 6.73. The number of hydrogen-bond acceptors (Lipinski definition) is 3. The summed E-state index contributed by atoms with van der Waals surface area (Å²) in [5.74, 6) is -1.50. The van der Waals surface area contributed by atoms with Gasteiger partial charge in [0.25, 0.3) is 0 Å². The van der Waals surface area contributed by atoms with Crippen LogP contribution in [-0.2, 0) is 9.53 Å². The zero-order valence-corrected chi connectivity index (χ0v) is 11.7. The highest BCUT2D eigenvalue weighted by Gasteiger charge is 2.30. The Labute approximate surface area is 125 Å². The summed E-state index contributed by atoms with van der Waals surface area (Å²) < 4.78 is 18.1. The van der Waals surface area contributed by atoms with E-state index in [9.17, 15) is 14.0 Å². The third-order valence-corrected chi connectivity index (χ3v) is 3.37. The quantitative estimate of drug-likeness (QED) is 0.795. The number of carbonyl (C=O) groups excluding carboxylic acids is 1. The van der Waals surface area contributed by atoms with Gasteiger partial charge in [-0.3, -0.25) is 0 Å². The number of aliphatic carboxylic acids is 1. The lowest BCUT2D eigenvalue weighted by Crippen LogP contribution is -2.36. The van der Waals surface area contributed by atoms with Gasteiger partial charge in [-0.2, -0.15) is 0 Å². The number of anilines is 1. The largest absolute Gasteiger partial charge is 0.479 e. The van der Waals surface area contributed by atoms with E-state index in [2.05, 4.69) is 10.6 Å². The molecule has 21 heavy (non-hydrogen) atoms. The highest BCUT2D eigenvalue weighted by Crippen LogP contribution is 2.22. The third kappa shape index (κ3) is 4.30. The normalized spacial score (nSPS) is 21.0. The lowest BCUT2D eigenvalue weighted by atomic mass is 10.2. The predicted molar refractivity (Wildman–Crippen MR) is 74.0 cm³/mol. The molecule has 1 aliphatic rings. The molecule has 0 aliphatic carbocycles. The fourth-order valence-electron chi connectivity index (χ4n) is 2.00. The molecule has 114 valence electrons. The van der Waals surface area contributed by atoms with E-state index in [4.69, 9.17) is 21.4 Å². The van der Waals surface area contributed by atoms with Crippen molar-refractivity contribution >= 4 is 29.3 Å². The average molecular weight is 317 g/mol. The van der Waals surface area contributed by atoms with E-state index >= 15 is 0 Å². The number of benzene rings is 1. The molecule has 1 aromatic rings. The topological polar surface area (TPSA) is 87.7 Å². The van der Waals surface area contributed by atoms with Crippen LogP contribution in [-0.4, -0.2) is 35.9 Å². The SMILES string of the molecule is O=C(NCC1CCC(C(=O)O)O1)Nc1ccc(F)cc1Cl. The van der Waals surface area contributed by atoms with Gasteiger partial charge >= 0.3 is 12.0 Å². The predicted octanol–water partition coefficient (Wildman–Crippen LogP) is 2.23. The average Bonchev–Trinajstić information content (AvgIpc) is 2.89. The van der Waals surface area contributed by atoms with Gasteiger partial charge in [-0.1, -0.05) is 11.6 Å². The molecule has 2 amide bonds. The lowest BCUT2D eigenvalue weighted by Gasteiger charge is -2.13. The van der Waals surface area contributed by atoms with Crippen molar-refractivity contribution < 1.29 is 23.8 Å². The molecule has 2 rings (SSSR count). The highest BCUT2D eigenvalue weighted by atomic mass is 35.5. The van der Waals surface area contributed by atoms with Crippen molar-refractivity contribution in [3.05, 3.63) is 29.0 Å². The van der Waals surface area contributed by atoms with Gasteiger partial charge in [-0.15, -0.1) is 0 Å². The summed E-state index contributed by atoms with van der Waals surface area (Å²) in [4.78, 5) is 22.4. The van der Waals surface area contributed by atoms with Gasteiger partial charge in [0, 0.05) is 6.54 Å². The molecule has 1 aromatic carbocycles. The Balaban J connectivity index is 1.79. The number of carboxylic acids is 1. The van der Waals surface area contributed by atoms with Crippen LogP contribution in [0.15, 0.2) is 18.2 Å². The van der Waals surface area contributed by atoms with Gasteiger partial charge in [-0.05, 0) is 31.0 Å². The molecule has 0 saturated carbocycles. The van der Waals surface area contributed by atoms with Gasteiger partial charge in [0.15, 0.2) is 6.10 Å². The van der Waals surface area contributed by atoms with Crippen LogP contribution in [0.1, 0.15) is 12.8 Å². The number of halogens is 2. The molecule has 1 heterocycles. The van der Waals surface area contributed by atoms with E-state index in [0.717, 1.165) is 6.07 Å². The van der Waals surface area contributed by atoms with Crippen LogP contribution in [0.4, 0.5) is 14.9 Å². The highest BCUT2D eigenvalue weighted by molar-refractivity contribution is 6.33. The van der Waals surface area contributed by atoms with Crippen molar-refractivity contribution in [2.75, 3.05) is 11.9 Å². The third-order valence-electron chi connectivity index (χ3n) is 3.05. The molecule has 1 fully saturated rings. The Morgan fingerprint density at radius 2 is 2.19 bits per heavy atom. The van der Waals surface area contributed by atoms with Gasteiger partial charge in [0.2, 0.25) is 0 Å². The van der Waals surface area contributed by atoms with E-state index in [-0.39, 0.29) is 23.4 Å². The smallest absolute Gasteiger partial charge is 0.332 e. The first-order chi connectivity index (χ1) is 9.95. The number of nitrogens with one attached hydrogen (secondary N) is 2. The van der Waals surface area contributed by atoms with Gasteiger partial charge in [0.05, 0.1) is 16.8 Å². The molecular weight excluding hydrogens is 303 g/mol. The number of carboxylic acid groups (broad SMARTS) is 1. The molecule has 0 radical (unpaired) electrons. The summed E-state index contributed by atoms with van der Waals surface area (Å²) in [7, 11) is 0. The zero-order chi connectivity index (χ0) is 15.4. The Bertz CT molecular complexity index is 555. The van der Waals surface area contributed by atoms with Gasteiger partial charge < -0.3 is 20.5 Å². The summed E-state index contributed by atoms with van der Waals surface area (Å²) in [5, 5.41) is 13.9. The molecule has 6 nitrogen and oxygen atoms in total. The van der Waals surface area contributed by atoms with Crippen LogP contribution < -0.4 is 10.6 Å². The number of ether oxygens (including phenoxy) is 1. The molecule has 0 spiro atoms. The van der Waals surface area contributed by atoms with Crippen molar-refractivity contribution in [1.29, 1.82) is 0 Å². The van der Waals surface area contributed by atoms with Crippen LogP contribution in [0.3, 0.4) is 0 Å². The molecule has 2 atom stereocenters. The standard InChI is InChI=1S/C13H14ClFN2O4/c14-9-5-7(15)1-3-10(9)17-13(20)16-6-8-2-4-11(21-8)12(18)19/h1,3,5,8,11H,2,4,6H2,(H,18,19)(H2,16,17,20). The summed E-state index contributed by atoms with van der Waals surface area (Å²) in [6.45, 7) is 0.189. The summed E-state index contributed by atoms with van der Waals surface area (Å²) >= 11 is 5.78. The maximum absolute atomic E-state index is 12.9. The molecule has 1 saturated heterocycles. The Morgan fingerprint density at radius 3 is 2.81 bits per heavy atom. The first-order valence-corrected chi connectivity index (χ1v) is 6.71. The minimum Gasteiger partial charge on any atom is -0.479 e. The minimum absolute atomic E-state index is 0.0909. The molecule has 0 aromatic heterocycles. The van der Waals surface area contributed by atoms with Crippen LogP contribution in [0.25, 0.3) is 0 Å². The fourth-order valence-corrected chi connectivity index (χ4v) is 2.22. The number of urea groups is 1. The monoisotopic (exact) mass is 316 g/mol. The summed E-state index contributed by atoms with van der Waals surface area (Å²) in [6, 6.07) is 3.10. The molecule has 8 heteroatoms. The number of rotatable bonds is 4. The Morgan fingerprint density at radius 1 is 1.43 bits per heavy atom. The molecule has 3 N–H and O–H groups in total. The van der Waals surface area contributed by atoms with Crippen molar-refractivity contribution in [3.8, 4) is 0 Å². The number of amides is 2. The lowest BCUT2D eigenvalue weighted by molar-refractivity contribution is -0.149. The maximum atomic E-state index is 12.9. The Kier molecular flexibility index (Phi) is 4.98. The molecular formula is C13H14ClFN2O4. The van der Waals surface area contributed by atoms with E-state index in [0.29, 0.717) is 12.8 Å². The molecule has 1 aliphatic heterocycles. The van der Waals surface area contributed by atoms with Crippen LogP contribution in [0.5, 0.6) is 0 Å². The minimum atomic E-state index is -1.000. The van der Waals surface area contributed by atoms with Crippen LogP contribution in [0, 0.1) is 5.82 Å². The van der Waals surface area contributed by atoms with Crippen molar-refractivity contribution in [2.45, 2.75) is 25.0 Å². The summed E-state index contributed by atoms with van der Waals surface area (Å²) in [5.41, 5.74) is 0.284. The van der Waals surface area contributed by atoms with E-state index < -0.39 is 23.9 Å². The fraction of sp³-hybridized carbons (Fsp3) is 0.385. The van der Waals surface area contributed by atoms with Crippen LogP contribution in [0.2, 0.25) is 5.02 Å². The second-order valence-corrected chi connectivity index (χ2v) is 5.03. The van der Waals surface area contributed by atoms with Crippen molar-refractivity contribution in [2.24, 2.45) is 0 Å². The first kappa shape index (κ1) is 15.5. The van der Waals surface area contributed by atoms with Gasteiger partial charge in [-0.25, -0.2) is 14.0 Å². The molecule has 2 unspecified atom stereocenters. The van der Waals surface area contributed by atoms with Gasteiger partial charge in [0.1, 0.15) is 5.82 Å². The molecule has 0 bridgehead atoms. The van der Waals surface area contributed by atoms with E-state index in [1.165, 1.54) is 12.1 Å². The Hall–Kier alpha value is -1.86.